The van der Waals surface area contributed by atoms with Crippen LogP contribution in [0.3, 0.4) is 0 Å². The van der Waals surface area contributed by atoms with Crippen molar-refractivity contribution >= 4 is 10.8 Å². The van der Waals surface area contributed by atoms with Crippen LogP contribution in [0.4, 0.5) is 0 Å². The molecule has 2 heterocycles. The maximum Gasteiger partial charge on any atom is 0.133 e. The summed E-state index contributed by atoms with van der Waals surface area (Å²) >= 11 is 0. The summed E-state index contributed by atoms with van der Waals surface area (Å²) in [6.07, 6.45) is 7.02. The first-order valence-electron chi connectivity index (χ1n) is 6.16. The number of nitrogens with one attached hydrogen (secondary N) is 1. The van der Waals surface area contributed by atoms with Crippen molar-refractivity contribution < 1.29 is 8.63 Å². The quantitative estimate of drug-likeness (QED) is 0.871. The van der Waals surface area contributed by atoms with Crippen molar-refractivity contribution in [2.24, 2.45) is 7.05 Å². The van der Waals surface area contributed by atoms with Crippen LogP contribution in [-0.2, 0) is 17.8 Å². The Morgan fingerprint density at radius 3 is 2.89 bits per heavy atom. The molecular formula is C13H19N3O2S. The number of rotatable bonds is 6. The number of nitrogens with zero attached hydrogens (tertiary/aromatic N) is 2. The molecule has 0 bridgehead atoms. The van der Waals surface area contributed by atoms with E-state index in [2.05, 4.69) is 10.3 Å². The van der Waals surface area contributed by atoms with Crippen LogP contribution in [0.1, 0.15) is 24.6 Å². The Labute approximate surface area is 115 Å². The van der Waals surface area contributed by atoms with Gasteiger partial charge in [0.1, 0.15) is 17.6 Å². The Balaban J connectivity index is 2.17. The second-order valence-electron chi connectivity index (χ2n) is 4.56. The molecule has 0 spiro atoms. The highest BCUT2D eigenvalue weighted by atomic mass is 32.2. The molecule has 0 aliphatic rings. The van der Waals surface area contributed by atoms with E-state index in [-0.39, 0.29) is 11.3 Å². The molecule has 3 atom stereocenters. The summed E-state index contributed by atoms with van der Waals surface area (Å²) in [5.41, 5.74) is 0. The van der Waals surface area contributed by atoms with Gasteiger partial charge < -0.3 is 8.98 Å². The molecule has 3 unspecified atom stereocenters. The van der Waals surface area contributed by atoms with Gasteiger partial charge in [-0.15, -0.1) is 0 Å². The Hall–Kier alpha value is -1.40. The van der Waals surface area contributed by atoms with Crippen molar-refractivity contribution in [3.8, 4) is 0 Å². The predicted molar refractivity (Wildman–Crippen MR) is 75.3 cm³/mol. The van der Waals surface area contributed by atoms with Gasteiger partial charge in [0, 0.05) is 48.3 Å². The Kier molecular flexibility index (Phi) is 4.55. The van der Waals surface area contributed by atoms with Crippen LogP contribution in [0.2, 0.25) is 0 Å². The molecule has 2 rings (SSSR count). The summed E-state index contributed by atoms with van der Waals surface area (Å²) in [4.78, 5) is 4.36. The van der Waals surface area contributed by atoms with Gasteiger partial charge in [-0.3, -0.25) is 9.53 Å². The molecule has 2 aromatic rings. The van der Waals surface area contributed by atoms with Gasteiger partial charge in [0.15, 0.2) is 0 Å². The molecule has 0 saturated heterocycles. The first kappa shape index (κ1) is 14.0. The van der Waals surface area contributed by atoms with Crippen LogP contribution < -0.4 is 5.32 Å². The summed E-state index contributed by atoms with van der Waals surface area (Å²) < 4.78 is 18.9. The van der Waals surface area contributed by atoms with Crippen molar-refractivity contribution in [2.75, 3.05) is 12.8 Å². The highest BCUT2D eigenvalue weighted by molar-refractivity contribution is 7.84. The number of aromatic nitrogens is 2. The fourth-order valence-electron chi connectivity index (χ4n) is 1.83. The van der Waals surface area contributed by atoms with E-state index in [1.807, 2.05) is 36.9 Å². The first-order chi connectivity index (χ1) is 9.09. The molecule has 0 radical (unpaired) electrons. The van der Waals surface area contributed by atoms with Crippen LogP contribution in [0, 0.1) is 0 Å². The van der Waals surface area contributed by atoms with Crippen molar-refractivity contribution in [1.82, 2.24) is 14.9 Å². The lowest BCUT2D eigenvalue weighted by molar-refractivity contribution is 0.431. The summed E-state index contributed by atoms with van der Waals surface area (Å²) in [5, 5.41) is 3.46. The third-order valence-corrected chi connectivity index (χ3v) is 4.42. The smallest absolute Gasteiger partial charge is 0.133 e. The van der Waals surface area contributed by atoms with Gasteiger partial charge in [-0.05, 0) is 19.1 Å². The van der Waals surface area contributed by atoms with Crippen LogP contribution in [0.5, 0.6) is 0 Å². The third-order valence-electron chi connectivity index (χ3n) is 3.12. The SMILES string of the molecule is CC(CNC(c1ccco1)c1nccn1C)S(C)=O. The van der Waals surface area contributed by atoms with Gasteiger partial charge in [-0.25, -0.2) is 4.98 Å². The molecule has 0 fully saturated rings. The lowest BCUT2D eigenvalue weighted by Crippen LogP contribution is -2.32. The van der Waals surface area contributed by atoms with Gasteiger partial charge >= 0.3 is 0 Å². The number of hydrogen-bond donors (Lipinski definition) is 1. The van der Waals surface area contributed by atoms with Crippen LogP contribution in [0.25, 0.3) is 0 Å². The minimum absolute atomic E-state index is 0.0812. The molecule has 6 heteroatoms. The zero-order chi connectivity index (χ0) is 13.8. The maximum absolute atomic E-state index is 11.4. The maximum atomic E-state index is 11.4. The van der Waals surface area contributed by atoms with Gasteiger partial charge in [-0.2, -0.15) is 0 Å². The lowest BCUT2D eigenvalue weighted by atomic mass is 10.2. The number of aryl methyl sites for hydroxylation is 1. The third kappa shape index (κ3) is 3.33. The molecule has 0 aliphatic carbocycles. The predicted octanol–water partition coefficient (Wildman–Crippen LogP) is 1.46. The Morgan fingerprint density at radius 1 is 1.58 bits per heavy atom. The average molecular weight is 281 g/mol. The highest BCUT2D eigenvalue weighted by Crippen LogP contribution is 2.20. The van der Waals surface area contributed by atoms with E-state index in [0.29, 0.717) is 6.54 Å². The zero-order valence-electron chi connectivity index (χ0n) is 11.4. The van der Waals surface area contributed by atoms with Crippen molar-refractivity contribution in [3.05, 3.63) is 42.4 Å². The van der Waals surface area contributed by atoms with Gasteiger partial charge in [0.25, 0.3) is 0 Å². The largest absolute Gasteiger partial charge is 0.467 e. The topological polar surface area (TPSA) is 60.1 Å². The molecule has 104 valence electrons. The van der Waals surface area contributed by atoms with E-state index in [1.165, 1.54) is 0 Å². The first-order valence-corrected chi connectivity index (χ1v) is 7.78. The fourth-order valence-corrected chi connectivity index (χ4v) is 2.16. The van der Waals surface area contributed by atoms with Crippen molar-refractivity contribution in [3.63, 3.8) is 0 Å². The summed E-state index contributed by atoms with van der Waals surface area (Å²) in [7, 11) is 1.10. The van der Waals surface area contributed by atoms with Gasteiger partial charge in [-0.1, -0.05) is 0 Å². The van der Waals surface area contributed by atoms with Gasteiger partial charge in [0.05, 0.1) is 6.26 Å². The molecule has 0 amide bonds. The molecule has 0 aliphatic heterocycles. The minimum atomic E-state index is -0.846. The van der Waals surface area contributed by atoms with Crippen molar-refractivity contribution in [2.45, 2.75) is 18.2 Å². The fraction of sp³-hybridized carbons (Fsp3) is 0.462. The van der Waals surface area contributed by atoms with E-state index < -0.39 is 10.8 Å². The second kappa shape index (κ2) is 6.16. The number of imidazole rings is 1. The van der Waals surface area contributed by atoms with E-state index in [4.69, 9.17) is 4.42 Å². The molecule has 1 N–H and O–H groups in total. The van der Waals surface area contributed by atoms with Crippen LogP contribution >= 0.6 is 0 Å². The summed E-state index contributed by atoms with van der Waals surface area (Å²) in [5.74, 6) is 1.69. The summed E-state index contributed by atoms with van der Waals surface area (Å²) in [6.45, 7) is 2.60. The van der Waals surface area contributed by atoms with E-state index in [0.717, 1.165) is 11.6 Å². The molecule has 0 saturated carbocycles. The standard InChI is InChI=1S/C13H19N3O2S/c1-10(19(3)17)9-15-12(11-5-4-8-18-11)13-14-6-7-16(13)2/h4-8,10,12,15H,9H2,1-3H3. The van der Waals surface area contributed by atoms with E-state index >= 15 is 0 Å². The molecule has 5 nitrogen and oxygen atoms in total. The van der Waals surface area contributed by atoms with Crippen LogP contribution in [0.15, 0.2) is 35.2 Å². The van der Waals surface area contributed by atoms with Gasteiger partial charge in [0.2, 0.25) is 0 Å². The van der Waals surface area contributed by atoms with Crippen LogP contribution in [-0.4, -0.2) is 31.8 Å². The van der Waals surface area contributed by atoms with Crippen molar-refractivity contribution in [1.29, 1.82) is 0 Å². The normalized spacial score (nSPS) is 16.2. The van der Waals surface area contributed by atoms with E-state index in [1.54, 1.807) is 18.7 Å². The molecule has 2 aromatic heterocycles. The minimum Gasteiger partial charge on any atom is -0.467 e. The second-order valence-corrected chi connectivity index (χ2v) is 6.36. The molecular weight excluding hydrogens is 262 g/mol. The lowest BCUT2D eigenvalue weighted by Gasteiger charge is -2.18. The Morgan fingerprint density at radius 2 is 2.37 bits per heavy atom. The molecule has 19 heavy (non-hydrogen) atoms. The summed E-state index contributed by atoms with van der Waals surface area (Å²) in [6, 6.07) is 3.65. The van der Waals surface area contributed by atoms with E-state index in [9.17, 15) is 4.21 Å². The average Bonchev–Trinajstić information content (AvgIpc) is 3.02. The number of furan rings is 1. The zero-order valence-corrected chi connectivity index (χ0v) is 12.2. The molecule has 0 aromatic carbocycles. The monoisotopic (exact) mass is 281 g/mol. The number of hydrogen-bond acceptors (Lipinski definition) is 4. The highest BCUT2D eigenvalue weighted by Gasteiger charge is 2.21. The Bertz CT molecular complexity index is 536.